The summed E-state index contributed by atoms with van der Waals surface area (Å²) in [6.07, 6.45) is 1.48. The third-order valence-corrected chi connectivity index (χ3v) is 1.53. The van der Waals surface area contributed by atoms with Gasteiger partial charge in [0.1, 0.15) is 10.8 Å². The number of carbonyl (C=O) groups excluding carboxylic acids is 1. The summed E-state index contributed by atoms with van der Waals surface area (Å²) in [5.74, 6) is 0.0890. The highest BCUT2D eigenvalue weighted by Crippen LogP contribution is 2.24. The van der Waals surface area contributed by atoms with E-state index >= 15 is 0 Å². The number of aromatic nitrogens is 1. The Kier molecular flexibility index (Phi) is 2.76. The molecule has 0 spiro atoms. The van der Waals surface area contributed by atoms with Crippen molar-refractivity contribution in [2.45, 2.75) is 0 Å². The number of hydrogen-bond acceptors (Lipinski definition) is 4. The third-order valence-electron chi connectivity index (χ3n) is 1.24. The topological polar surface area (TPSA) is 85.1 Å². The highest BCUT2D eigenvalue weighted by atomic mass is 35.5. The van der Waals surface area contributed by atoms with Gasteiger partial charge in [-0.05, 0) is 0 Å². The molecule has 1 aromatic rings. The van der Waals surface area contributed by atoms with Gasteiger partial charge in [-0.3, -0.25) is 14.9 Å². The molecule has 0 bridgehead atoms. The Balaban J connectivity index is 3.10. The Morgan fingerprint density at radius 2 is 2.38 bits per heavy atom. The maximum Gasteiger partial charge on any atom is 0.293 e. The van der Waals surface area contributed by atoms with Crippen LogP contribution in [0, 0.1) is 10.1 Å². The molecule has 0 fully saturated rings. The summed E-state index contributed by atoms with van der Waals surface area (Å²) >= 11 is 5.47. The molecular formula is C6H4ClN3O3. The molecule has 6 nitrogen and oxygen atoms in total. The summed E-state index contributed by atoms with van der Waals surface area (Å²) in [6.45, 7) is 0. The van der Waals surface area contributed by atoms with Gasteiger partial charge in [0.25, 0.3) is 5.69 Å². The zero-order valence-electron chi connectivity index (χ0n) is 6.23. The lowest BCUT2D eigenvalue weighted by Crippen LogP contribution is -1.98. The van der Waals surface area contributed by atoms with Gasteiger partial charge >= 0.3 is 0 Å². The maximum absolute atomic E-state index is 10.4. The van der Waals surface area contributed by atoms with E-state index in [1.807, 2.05) is 0 Å². The SMILES string of the molecule is O=CNc1cc([N+](=O)[O-])c(Cl)cn1. The molecule has 1 rings (SSSR count). The minimum atomic E-state index is -0.653. The molecular weight excluding hydrogens is 198 g/mol. The second-order valence-corrected chi connectivity index (χ2v) is 2.45. The summed E-state index contributed by atoms with van der Waals surface area (Å²) in [6, 6.07) is 1.08. The van der Waals surface area contributed by atoms with Crippen LogP contribution in [0.3, 0.4) is 0 Å². The Morgan fingerprint density at radius 3 is 2.92 bits per heavy atom. The van der Waals surface area contributed by atoms with Crippen molar-refractivity contribution < 1.29 is 9.72 Å². The molecule has 1 amide bonds. The van der Waals surface area contributed by atoms with Crippen molar-refractivity contribution in [3.63, 3.8) is 0 Å². The number of anilines is 1. The van der Waals surface area contributed by atoms with E-state index < -0.39 is 4.92 Å². The number of hydrogen-bond donors (Lipinski definition) is 1. The molecule has 0 aliphatic heterocycles. The average molecular weight is 202 g/mol. The molecule has 0 unspecified atom stereocenters. The van der Waals surface area contributed by atoms with Crippen LogP contribution >= 0.6 is 11.6 Å². The monoisotopic (exact) mass is 201 g/mol. The van der Waals surface area contributed by atoms with E-state index in [0.717, 1.165) is 12.3 Å². The van der Waals surface area contributed by atoms with Gasteiger partial charge in [0, 0.05) is 0 Å². The lowest BCUT2D eigenvalue weighted by Gasteiger charge is -1.97. The van der Waals surface area contributed by atoms with E-state index in [0.29, 0.717) is 6.41 Å². The molecule has 0 aliphatic carbocycles. The number of pyridine rings is 1. The fourth-order valence-electron chi connectivity index (χ4n) is 0.707. The molecule has 0 saturated carbocycles. The number of rotatable bonds is 3. The molecule has 13 heavy (non-hydrogen) atoms. The summed E-state index contributed by atoms with van der Waals surface area (Å²) in [4.78, 5) is 23.3. The first kappa shape index (κ1) is 9.40. The van der Waals surface area contributed by atoms with Crippen LogP contribution in [0.4, 0.5) is 11.5 Å². The van der Waals surface area contributed by atoms with Crippen molar-refractivity contribution in [1.29, 1.82) is 0 Å². The quantitative estimate of drug-likeness (QED) is 0.453. The Labute approximate surface area is 77.7 Å². The number of nitrogens with zero attached hydrogens (tertiary/aromatic N) is 2. The Hall–Kier alpha value is -1.69. The second kappa shape index (κ2) is 3.81. The second-order valence-electron chi connectivity index (χ2n) is 2.04. The minimum absolute atomic E-state index is 0.0681. The van der Waals surface area contributed by atoms with Crippen LogP contribution in [0.1, 0.15) is 0 Å². The highest BCUT2D eigenvalue weighted by molar-refractivity contribution is 6.32. The molecule has 0 aromatic carbocycles. The third kappa shape index (κ3) is 2.12. The van der Waals surface area contributed by atoms with Crippen molar-refractivity contribution >= 4 is 29.5 Å². The van der Waals surface area contributed by atoms with Crippen molar-refractivity contribution in [2.75, 3.05) is 5.32 Å². The number of amides is 1. The van der Waals surface area contributed by atoms with Crippen molar-refractivity contribution in [3.8, 4) is 0 Å². The lowest BCUT2D eigenvalue weighted by molar-refractivity contribution is -0.384. The highest BCUT2D eigenvalue weighted by Gasteiger charge is 2.13. The van der Waals surface area contributed by atoms with E-state index in [1.165, 1.54) is 0 Å². The van der Waals surface area contributed by atoms with Gasteiger partial charge in [0.15, 0.2) is 0 Å². The number of halogens is 1. The summed E-state index contributed by atoms with van der Waals surface area (Å²) < 4.78 is 0. The summed E-state index contributed by atoms with van der Waals surface area (Å²) in [7, 11) is 0. The van der Waals surface area contributed by atoms with Crippen molar-refractivity contribution in [3.05, 3.63) is 27.4 Å². The van der Waals surface area contributed by atoms with Gasteiger partial charge < -0.3 is 5.32 Å². The maximum atomic E-state index is 10.4. The Bertz CT molecular complexity index is 355. The van der Waals surface area contributed by atoms with Gasteiger partial charge in [0.2, 0.25) is 6.41 Å². The van der Waals surface area contributed by atoms with Crippen molar-refractivity contribution in [2.24, 2.45) is 0 Å². The average Bonchev–Trinajstić information content (AvgIpc) is 2.08. The molecule has 0 aliphatic rings. The number of nitro groups is 1. The van der Waals surface area contributed by atoms with Crippen LogP contribution in [-0.4, -0.2) is 16.3 Å². The van der Waals surface area contributed by atoms with E-state index in [2.05, 4.69) is 10.3 Å². The zero-order chi connectivity index (χ0) is 9.84. The largest absolute Gasteiger partial charge is 0.313 e. The molecule has 1 aromatic heterocycles. The van der Waals surface area contributed by atoms with Crippen LogP contribution in [0.25, 0.3) is 0 Å². The molecule has 7 heteroatoms. The Morgan fingerprint density at radius 1 is 1.69 bits per heavy atom. The molecule has 0 atom stereocenters. The van der Waals surface area contributed by atoms with Crippen molar-refractivity contribution in [1.82, 2.24) is 4.98 Å². The number of carbonyl (C=O) groups is 1. The predicted molar refractivity (Wildman–Crippen MR) is 45.6 cm³/mol. The molecule has 1 heterocycles. The van der Waals surface area contributed by atoms with Crippen LogP contribution < -0.4 is 5.32 Å². The molecule has 0 saturated heterocycles. The van der Waals surface area contributed by atoms with Gasteiger partial charge in [-0.25, -0.2) is 4.98 Å². The van der Waals surface area contributed by atoms with Gasteiger partial charge in [-0.1, -0.05) is 11.6 Å². The van der Waals surface area contributed by atoms with E-state index in [9.17, 15) is 14.9 Å². The van der Waals surface area contributed by atoms with Gasteiger partial charge in [0.05, 0.1) is 17.2 Å². The van der Waals surface area contributed by atoms with E-state index in [-0.39, 0.29) is 16.5 Å². The predicted octanol–water partition coefficient (Wildman–Crippen LogP) is 1.21. The van der Waals surface area contributed by atoms with Crippen LogP contribution in [0.5, 0.6) is 0 Å². The van der Waals surface area contributed by atoms with E-state index in [4.69, 9.17) is 11.6 Å². The lowest BCUT2D eigenvalue weighted by atomic mass is 10.4. The van der Waals surface area contributed by atoms with Gasteiger partial charge in [-0.15, -0.1) is 0 Å². The van der Waals surface area contributed by atoms with Crippen LogP contribution in [0.15, 0.2) is 12.3 Å². The normalized spacial score (nSPS) is 9.31. The fourth-order valence-corrected chi connectivity index (χ4v) is 0.880. The number of nitrogens with one attached hydrogen (secondary N) is 1. The minimum Gasteiger partial charge on any atom is -0.313 e. The first-order valence-corrected chi connectivity index (χ1v) is 3.53. The van der Waals surface area contributed by atoms with E-state index in [1.54, 1.807) is 0 Å². The first-order valence-electron chi connectivity index (χ1n) is 3.15. The smallest absolute Gasteiger partial charge is 0.293 e. The molecule has 68 valence electrons. The van der Waals surface area contributed by atoms with Crippen LogP contribution in [0.2, 0.25) is 5.02 Å². The zero-order valence-corrected chi connectivity index (χ0v) is 6.99. The van der Waals surface area contributed by atoms with Gasteiger partial charge in [-0.2, -0.15) is 0 Å². The fraction of sp³-hybridized carbons (Fsp3) is 0. The molecule has 1 N–H and O–H groups in total. The summed E-state index contributed by atoms with van der Waals surface area (Å²) in [5.41, 5.74) is -0.291. The van der Waals surface area contributed by atoms with Crippen LogP contribution in [-0.2, 0) is 4.79 Å². The molecule has 0 radical (unpaired) electrons. The first-order chi connectivity index (χ1) is 6.15. The standard InChI is InChI=1S/C6H4ClN3O3/c7-4-2-8-6(9-3-11)1-5(4)10(12)13/h1-3H,(H,8,9,11). The summed E-state index contributed by atoms with van der Waals surface area (Å²) in [5, 5.41) is 12.5.